The number of phenols is 1. The summed E-state index contributed by atoms with van der Waals surface area (Å²) in [4.78, 5) is 11.2. The summed E-state index contributed by atoms with van der Waals surface area (Å²) in [5.41, 5.74) is 5.48. The predicted molar refractivity (Wildman–Crippen MR) is 71.3 cm³/mol. The molecule has 1 aromatic heterocycles. The van der Waals surface area contributed by atoms with E-state index in [4.69, 9.17) is 16.1 Å². The number of nitrogens with two attached hydrogens (primary N) is 2. The average molecular weight is 300 g/mol. The molecular formula is C10H12N4O5S. The Bertz CT molecular complexity index is 811. The SMILES string of the molecule is Cn1c(C(N)=O)cc2cc(N(N)S(=O)(=O)O)c(O)cc21. The first-order chi connectivity index (χ1) is 9.12. The van der Waals surface area contributed by atoms with Crippen molar-refractivity contribution in [2.24, 2.45) is 18.6 Å². The lowest BCUT2D eigenvalue weighted by atomic mass is 10.2. The van der Waals surface area contributed by atoms with Crippen LogP contribution in [0.25, 0.3) is 10.9 Å². The van der Waals surface area contributed by atoms with Gasteiger partial charge in [-0.25, -0.2) is 5.84 Å². The van der Waals surface area contributed by atoms with E-state index in [-0.39, 0.29) is 15.8 Å². The van der Waals surface area contributed by atoms with Gasteiger partial charge in [0.15, 0.2) is 0 Å². The summed E-state index contributed by atoms with van der Waals surface area (Å²) in [6.07, 6.45) is 0. The van der Waals surface area contributed by atoms with Crippen molar-refractivity contribution in [1.29, 1.82) is 0 Å². The molecule has 0 spiro atoms. The number of anilines is 1. The van der Waals surface area contributed by atoms with Gasteiger partial charge < -0.3 is 15.4 Å². The summed E-state index contributed by atoms with van der Waals surface area (Å²) < 4.78 is 32.3. The summed E-state index contributed by atoms with van der Waals surface area (Å²) in [6, 6.07) is 3.84. The minimum atomic E-state index is -4.71. The van der Waals surface area contributed by atoms with Crippen LogP contribution in [0.2, 0.25) is 0 Å². The number of aryl methyl sites for hydroxylation is 1. The first-order valence-electron chi connectivity index (χ1n) is 5.27. The molecule has 1 amide bonds. The third kappa shape index (κ3) is 2.15. The molecule has 0 unspecified atom stereocenters. The number of carbonyl (C=O) groups excluding carboxylic acids is 1. The fraction of sp³-hybridized carbons (Fsp3) is 0.100. The average Bonchev–Trinajstić information content (AvgIpc) is 2.64. The molecule has 0 saturated heterocycles. The number of carbonyl (C=O) groups is 1. The van der Waals surface area contributed by atoms with Crippen LogP contribution >= 0.6 is 0 Å². The third-order valence-electron chi connectivity index (χ3n) is 2.88. The number of phenolic OH excluding ortho intramolecular Hbond substituents is 1. The second-order valence-corrected chi connectivity index (χ2v) is 5.42. The quantitative estimate of drug-likeness (QED) is 0.339. The molecule has 0 radical (unpaired) electrons. The Balaban J connectivity index is 2.73. The fourth-order valence-corrected chi connectivity index (χ4v) is 2.29. The van der Waals surface area contributed by atoms with Crippen LogP contribution in [-0.4, -0.2) is 28.6 Å². The Labute approximate surface area is 113 Å². The Morgan fingerprint density at radius 1 is 1.35 bits per heavy atom. The van der Waals surface area contributed by atoms with Crippen LogP contribution < -0.4 is 16.0 Å². The van der Waals surface area contributed by atoms with Crippen molar-refractivity contribution >= 4 is 32.8 Å². The van der Waals surface area contributed by atoms with Gasteiger partial charge in [0.25, 0.3) is 5.91 Å². The number of hydrogen-bond donors (Lipinski definition) is 4. The van der Waals surface area contributed by atoms with E-state index >= 15 is 0 Å². The lowest BCUT2D eigenvalue weighted by molar-refractivity contribution is 0.0993. The van der Waals surface area contributed by atoms with Crippen LogP contribution in [0.1, 0.15) is 10.5 Å². The Hall–Kier alpha value is -2.30. The van der Waals surface area contributed by atoms with Crippen molar-refractivity contribution in [2.45, 2.75) is 0 Å². The Kier molecular flexibility index (Phi) is 3.08. The number of nitrogens with zero attached hydrogens (tertiary/aromatic N) is 2. The lowest BCUT2D eigenvalue weighted by Gasteiger charge is -2.15. The standard InChI is InChI=1S/C10H12N4O5S/c1-13-6-4-9(15)7(14(12)20(17,18)19)2-5(6)3-8(13)10(11)16/h2-4,15H,12H2,1H3,(H2,11,16)(H,17,18,19). The first-order valence-corrected chi connectivity index (χ1v) is 6.67. The van der Waals surface area contributed by atoms with Crippen molar-refractivity contribution in [3.63, 3.8) is 0 Å². The monoisotopic (exact) mass is 300 g/mol. The first kappa shape index (κ1) is 14.1. The minimum absolute atomic E-state index is 0.0265. The highest BCUT2D eigenvalue weighted by molar-refractivity contribution is 7.87. The van der Waals surface area contributed by atoms with Crippen LogP contribution in [0.3, 0.4) is 0 Å². The maximum Gasteiger partial charge on any atom is 0.373 e. The number of fused-ring (bicyclic) bond motifs is 1. The van der Waals surface area contributed by atoms with E-state index in [2.05, 4.69) is 0 Å². The third-order valence-corrected chi connectivity index (χ3v) is 3.57. The van der Waals surface area contributed by atoms with Crippen molar-refractivity contribution < 1.29 is 22.9 Å². The van der Waals surface area contributed by atoms with Gasteiger partial charge in [-0.2, -0.15) is 12.8 Å². The largest absolute Gasteiger partial charge is 0.506 e. The lowest BCUT2D eigenvalue weighted by Crippen LogP contribution is -2.36. The van der Waals surface area contributed by atoms with E-state index in [9.17, 15) is 18.3 Å². The zero-order valence-electron chi connectivity index (χ0n) is 10.3. The van der Waals surface area contributed by atoms with E-state index in [1.54, 1.807) is 7.05 Å². The number of hydrogen-bond acceptors (Lipinski definition) is 5. The van der Waals surface area contributed by atoms with Crippen molar-refractivity contribution in [3.8, 4) is 5.75 Å². The number of primary amides is 1. The highest BCUT2D eigenvalue weighted by Gasteiger charge is 2.21. The van der Waals surface area contributed by atoms with Crippen LogP contribution in [0, 0.1) is 0 Å². The van der Waals surface area contributed by atoms with Gasteiger partial charge in [0.05, 0.1) is 5.52 Å². The van der Waals surface area contributed by atoms with Gasteiger partial charge in [-0.3, -0.25) is 9.35 Å². The van der Waals surface area contributed by atoms with Crippen LogP contribution in [0.15, 0.2) is 18.2 Å². The molecular weight excluding hydrogens is 288 g/mol. The van der Waals surface area contributed by atoms with E-state index < -0.39 is 22.0 Å². The van der Waals surface area contributed by atoms with E-state index in [0.29, 0.717) is 10.9 Å². The maximum absolute atomic E-state index is 11.2. The minimum Gasteiger partial charge on any atom is -0.506 e. The van der Waals surface area contributed by atoms with Crippen molar-refractivity contribution in [1.82, 2.24) is 4.57 Å². The van der Waals surface area contributed by atoms with E-state index in [1.165, 1.54) is 22.8 Å². The summed E-state index contributed by atoms with van der Waals surface area (Å²) in [5, 5.41) is 10.2. The normalized spacial score (nSPS) is 11.8. The highest BCUT2D eigenvalue weighted by Crippen LogP contribution is 2.33. The number of rotatable bonds is 3. The summed E-state index contributed by atoms with van der Waals surface area (Å²) >= 11 is 0. The second-order valence-electron chi connectivity index (χ2n) is 4.13. The number of aromatic hydroxyl groups is 1. The molecule has 108 valence electrons. The molecule has 0 fully saturated rings. The molecule has 1 heterocycles. The molecule has 9 nitrogen and oxygen atoms in total. The molecule has 6 N–H and O–H groups in total. The number of amides is 1. The van der Waals surface area contributed by atoms with Gasteiger partial charge in [-0.05, 0) is 12.1 Å². The Morgan fingerprint density at radius 3 is 2.45 bits per heavy atom. The predicted octanol–water partition coefficient (Wildman–Crippen LogP) is -0.534. The summed E-state index contributed by atoms with van der Waals surface area (Å²) in [7, 11) is -3.15. The molecule has 0 aliphatic carbocycles. The number of benzene rings is 1. The second kappa shape index (κ2) is 4.37. The van der Waals surface area contributed by atoms with Gasteiger partial charge in [0, 0.05) is 18.5 Å². The van der Waals surface area contributed by atoms with Gasteiger partial charge in [-0.15, -0.1) is 0 Å². The van der Waals surface area contributed by atoms with Crippen LogP contribution in [-0.2, 0) is 17.4 Å². The summed E-state index contributed by atoms with van der Waals surface area (Å²) in [6.45, 7) is 0. The molecule has 2 rings (SSSR count). The molecule has 1 aromatic carbocycles. The molecule has 0 saturated carbocycles. The number of aromatic nitrogens is 1. The van der Waals surface area contributed by atoms with Gasteiger partial charge in [0.1, 0.15) is 17.1 Å². The molecule has 0 atom stereocenters. The van der Waals surface area contributed by atoms with Crippen LogP contribution in [0.4, 0.5) is 5.69 Å². The van der Waals surface area contributed by atoms with Gasteiger partial charge in [-0.1, -0.05) is 0 Å². The Morgan fingerprint density at radius 2 is 1.95 bits per heavy atom. The smallest absolute Gasteiger partial charge is 0.373 e. The number of hydrazine groups is 1. The summed E-state index contributed by atoms with van der Waals surface area (Å²) in [5.74, 6) is 4.05. The zero-order valence-corrected chi connectivity index (χ0v) is 11.1. The molecule has 0 bridgehead atoms. The highest BCUT2D eigenvalue weighted by atomic mass is 32.2. The maximum atomic E-state index is 11.2. The topological polar surface area (TPSA) is 152 Å². The molecule has 20 heavy (non-hydrogen) atoms. The van der Waals surface area contributed by atoms with Crippen molar-refractivity contribution in [2.75, 3.05) is 4.41 Å². The zero-order chi connectivity index (χ0) is 15.2. The molecule has 2 aromatic rings. The fourth-order valence-electron chi connectivity index (χ4n) is 1.90. The van der Waals surface area contributed by atoms with Crippen molar-refractivity contribution in [3.05, 3.63) is 23.9 Å². The molecule has 0 aliphatic heterocycles. The van der Waals surface area contributed by atoms with Gasteiger partial charge >= 0.3 is 10.3 Å². The molecule has 0 aliphatic rings. The van der Waals surface area contributed by atoms with E-state index in [1.807, 2.05) is 0 Å². The van der Waals surface area contributed by atoms with E-state index in [0.717, 1.165) is 0 Å². The molecule has 10 heteroatoms. The van der Waals surface area contributed by atoms with Gasteiger partial charge in [0.2, 0.25) is 0 Å². The van der Waals surface area contributed by atoms with Crippen LogP contribution in [0.5, 0.6) is 5.75 Å².